The van der Waals surface area contributed by atoms with E-state index >= 15 is 0 Å². The Kier molecular flexibility index (Phi) is 31.6. The number of halogens is 6. The average molecular weight is 1120 g/mol. The second-order valence-corrected chi connectivity index (χ2v) is 18.6. The molecule has 0 fully saturated rings. The zero-order chi connectivity index (χ0) is 51.5. The van der Waals surface area contributed by atoms with Crippen LogP contribution in [0.15, 0.2) is 72.8 Å². The number of carbonyl (C=O) groups is 3. The van der Waals surface area contributed by atoms with E-state index in [0.717, 1.165) is 41.5 Å². The number of esters is 1. The number of ether oxygens (including phenoxy) is 7. The van der Waals surface area contributed by atoms with Crippen LogP contribution in [0, 0.1) is 4.78 Å². The topological polar surface area (TPSA) is 194 Å². The molecule has 0 saturated heterocycles. The monoisotopic (exact) mass is 1110 g/mol. The van der Waals surface area contributed by atoms with Crippen molar-refractivity contribution in [2.45, 2.75) is 91.5 Å². The summed E-state index contributed by atoms with van der Waals surface area (Å²) in [4.78, 5) is 35.0. The molecule has 4 rings (SSSR count). The third-order valence-corrected chi connectivity index (χ3v) is 10.8. The van der Waals surface area contributed by atoms with Crippen LogP contribution in [0.4, 0.5) is 0 Å². The van der Waals surface area contributed by atoms with Gasteiger partial charge in [-0.1, -0.05) is 85.0 Å². The maximum absolute atomic E-state index is 12.0. The van der Waals surface area contributed by atoms with Gasteiger partial charge in [0, 0.05) is 13.5 Å². The molecule has 2 N–H and O–H groups in total. The molecule has 0 aliphatic carbocycles. The molecule has 70 heavy (non-hydrogen) atoms. The first-order chi connectivity index (χ1) is 32.7. The lowest BCUT2D eigenvalue weighted by atomic mass is 10.0. The minimum atomic E-state index is -2.61. The second kappa shape index (κ2) is 34.5. The summed E-state index contributed by atoms with van der Waals surface area (Å²) in [6, 6.07) is 22.3. The number of nitrogens with one attached hydrogen (secondary N) is 1. The van der Waals surface area contributed by atoms with E-state index in [2.05, 4.69) is 0 Å². The van der Waals surface area contributed by atoms with Gasteiger partial charge in [-0.25, -0.2) is 0 Å². The van der Waals surface area contributed by atoms with Crippen LogP contribution in [0.5, 0.6) is 23.0 Å². The molecule has 0 amide bonds. The third kappa shape index (κ3) is 27.1. The van der Waals surface area contributed by atoms with Gasteiger partial charge in [-0.3, -0.25) is 14.4 Å². The zero-order valence-electron chi connectivity index (χ0n) is 38.8. The van der Waals surface area contributed by atoms with E-state index in [1.807, 2.05) is 67.6 Å². The van der Waals surface area contributed by atoms with E-state index < -0.39 is 28.2 Å². The van der Waals surface area contributed by atoms with Gasteiger partial charge in [0.1, 0.15) is 68.9 Å². The number of aryl methyl sites for hydroxylation is 4. The normalized spacial score (nSPS) is 11.5. The van der Waals surface area contributed by atoms with Gasteiger partial charge in [0.15, 0.2) is 23.1 Å². The van der Waals surface area contributed by atoms with Crippen LogP contribution < -0.4 is 18.9 Å². The smallest absolute Gasteiger partial charge is 0.313 e. The van der Waals surface area contributed by atoms with Crippen molar-refractivity contribution < 1.29 is 61.1 Å². The molecular formula is C49H61Cl6NO13S. The molecule has 0 aliphatic heterocycles. The van der Waals surface area contributed by atoms with Gasteiger partial charge < -0.3 is 38.3 Å². The average Bonchev–Trinajstić information content (AvgIpc) is 3.29. The third-order valence-electron chi connectivity index (χ3n) is 8.93. The van der Waals surface area contributed by atoms with Crippen molar-refractivity contribution in [3.63, 3.8) is 0 Å². The molecule has 4 aromatic rings. The number of hydrogen-bond donors (Lipinski definition) is 2. The summed E-state index contributed by atoms with van der Waals surface area (Å²) in [5, 5.41) is 11.1. The van der Waals surface area contributed by atoms with Crippen molar-refractivity contribution in [3.05, 3.63) is 115 Å². The molecule has 0 bridgehead atoms. The quantitative estimate of drug-likeness (QED) is 0.0261. The summed E-state index contributed by atoms with van der Waals surface area (Å²) in [6.45, 7) is 7.29. The Morgan fingerprint density at radius 2 is 1.06 bits per heavy atom. The molecule has 0 aromatic heterocycles. The second-order valence-electron chi connectivity index (χ2n) is 15.9. The number of methoxy groups -OCH3 is 1. The van der Waals surface area contributed by atoms with Crippen LogP contribution in [0.25, 0.3) is 0 Å². The Morgan fingerprint density at radius 3 is 1.43 bits per heavy atom. The van der Waals surface area contributed by atoms with E-state index in [-0.39, 0.29) is 76.5 Å². The van der Waals surface area contributed by atoms with Crippen LogP contribution in [-0.2, 0) is 64.8 Å². The number of ketones is 2. The molecule has 0 radical (unpaired) electrons. The summed E-state index contributed by atoms with van der Waals surface area (Å²) in [7, 11) is -1.08. The molecule has 0 spiro atoms. The number of aliphatic hydroxyl groups is 1. The van der Waals surface area contributed by atoms with Crippen LogP contribution in [-0.4, -0.2) is 101 Å². The predicted molar refractivity (Wildman–Crippen MR) is 276 cm³/mol. The molecule has 388 valence electrons. The number of Topliss-reactive ketones (excluding diaryl/α,β-unsaturated/α-hetero) is 2. The lowest BCUT2D eigenvalue weighted by Crippen LogP contribution is -2.26. The molecule has 21 heteroatoms. The fourth-order valence-electron chi connectivity index (χ4n) is 5.59. The zero-order valence-corrected chi connectivity index (χ0v) is 44.1. The standard InChI is InChI=1S/C27H33Cl3O7.C21H23Cl3O4.CH4.HNO2S/c1-27(2,3)37-25(32)13-20(31)15-34-21-9-7-18(8-10-21)5-6-19-11-23(29)26(24(30)12-19)35-16-22(14-28)36-17-33-4;1-2-16(25)12-27-18-7-5-14(6-8-18)3-4-15-9-19(23)21(20(24)10-15)28-13-17(26)11-22;;1-4(2)3/h7-12,22H,5-6,13-17H2,1-4H3;5-10,17,26H,2-4,11-13H2,1H3;1H4;1H. The molecular weight excluding hydrogens is 1060 g/mol. The number of benzene rings is 4. The van der Waals surface area contributed by atoms with Crippen LogP contribution in [0.3, 0.4) is 0 Å². The largest absolute Gasteiger partial charge is 0.488 e. The van der Waals surface area contributed by atoms with Gasteiger partial charge in [-0.2, -0.15) is 13.2 Å². The first-order valence-corrected chi connectivity index (χ1v) is 24.9. The maximum atomic E-state index is 12.0. The Morgan fingerprint density at radius 1 is 0.657 bits per heavy atom. The van der Waals surface area contributed by atoms with E-state index in [0.29, 0.717) is 55.9 Å². The molecule has 0 aliphatic rings. The summed E-state index contributed by atoms with van der Waals surface area (Å²) in [6.07, 6.45) is 2.01. The summed E-state index contributed by atoms with van der Waals surface area (Å²) in [5.74, 6) is 1.42. The lowest BCUT2D eigenvalue weighted by Gasteiger charge is -2.19. The van der Waals surface area contributed by atoms with E-state index in [1.54, 1.807) is 32.9 Å². The van der Waals surface area contributed by atoms with Gasteiger partial charge in [0.05, 0.1) is 31.9 Å². The minimum absolute atomic E-state index is 0. The number of alkyl halides is 2. The SMILES string of the molecule is C.CCC(=O)COc1ccc(CCc2cc(Cl)c(OCC(O)CCl)c(Cl)c2)cc1.COCOC(CCl)COc1c(Cl)cc(CCc2ccc(OCC(=O)CC(=O)OC(C)(C)C)cc2)cc1Cl.N=S(=O)=O. The molecule has 0 saturated carbocycles. The first-order valence-electron chi connectivity index (χ1n) is 21.3. The molecule has 4 aromatic carbocycles. The predicted octanol–water partition coefficient (Wildman–Crippen LogP) is 11.4. The van der Waals surface area contributed by atoms with Gasteiger partial charge >= 0.3 is 16.5 Å². The Labute approximate surface area is 442 Å². The van der Waals surface area contributed by atoms with Gasteiger partial charge in [-0.15, -0.1) is 23.2 Å². The van der Waals surface area contributed by atoms with Crippen molar-refractivity contribution in [2.24, 2.45) is 0 Å². The highest BCUT2D eigenvalue weighted by Gasteiger charge is 2.20. The lowest BCUT2D eigenvalue weighted by molar-refractivity contribution is -0.156. The van der Waals surface area contributed by atoms with Crippen molar-refractivity contribution in [1.29, 1.82) is 4.78 Å². The van der Waals surface area contributed by atoms with Gasteiger partial charge in [0.2, 0.25) is 0 Å². The number of aliphatic hydroxyl groups excluding tert-OH is 1. The van der Waals surface area contributed by atoms with Crippen LogP contribution in [0.1, 0.15) is 70.2 Å². The van der Waals surface area contributed by atoms with E-state index in [9.17, 15) is 19.5 Å². The highest BCUT2D eigenvalue weighted by atomic mass is 35.5. The van der Waals surface area contributed by atoms with Crippen molar-refractivity contribution in [2.75, 3.05) is 52.1 Å². The Balaban J connectivity index is 0.000000661. The van der Waals surface area contributed by atoms with Crippen LogP contribution >= 0.6 is 69.6 Å². The van der Waals surface area contributed by atoms with Crippen molar-refractivity contribution in [3.8, 4) is 23.0 Å². The van der Waals surface area contributed by atoms with Gasteiger partial charge in [0.25, 0.3) is 0 Å². The highest BCUT2D eigenvalue weighted by molar-refractivity contribution is 7.60. The van der Waals surface area contributed by atoms with Crippen molar-refractivity contribution >= 4 is 97.6 Å². The highest BCUT2D eigenvalue weighted by Crippen LogP contribution is 2.36. The van der Waals surface area contributed by atoms with Crippen LogP contribution in [0.2, 0.25) is 20.1 Å². The minimum Gasteiger partial charge on any atom is -0.488 e. The fourth-order valence-corrected chi connectivity index (χ4v) is 7.14. The number of rotatable bonds is 26. The molecule has 2 unspecified atom stereocenters. The molecule has 2 atom stereocenters. The molecule has 0 heterocycles. The maximum Gasteiger partial charge on any atom is 0.313 e. The Hall–Kier alpha value is -3.87. The number of hydrogen-bond acceptors (Lipinski definition) is 14. The van der Waals surface area contributed by atoms with Gasteiger partial charge in [-0.05, 0) is 117 Å². The fraction of sp³-hybridized carbons (Fsp3) is 0.449. The van der Waals surface area contributed by atoms with Crippen molar-refractivity contribution in [1.82, 2.24) is 0 Å². The molecule has 14 nitrogen and oxygen atoms in total. The number of carbonyl (C=O) groups excluding carboxylic acids is 3. The van der Waals surface area contributed by atoms with E-state index in [4.69, 9.17) is 116 Å². The Bertz CT molecular complexity index is 2280. The van der Waals surface area contributed by atoms with E-state index in [1.165, 1.54) is 7.11 Å². The summed E-state index contributed by atoms with van der Waals surface area (Å²) < 4.78 is 60.4. The summed E-state index contributed by atoms with van der Waals surface area (Å²) in [5.41, 5.74) is 3.51. The first kappa shape index (κ1) is 64.1. The summed E-state index contributed by atoms with van der Waals surface area (Å²) >= 11 is 36.8.